The van der Waals surface area contributed by atoms with E-state index in [-0.39, 0.29) is 11.4 Å². The molecule has 1 aromatic rings. The molecular weight excluding hydrogens is 409 g/mol. The number of carbonyl (C=O) groups is 1. The highest BCUT2D eigenvalue weighted by molar-refractivity contribution is 9.10. The molecule has 0 aromatic carbocycles. The molecule has 0 aliphatic carbocycles. The Morgan fingerprint density at radius 3 is 2.61 bits per heavy atom. The molecule has 0 aliphatic rings. The average Bonchev–Trinajstić information content (AvgIpc) is 2.44. The SMILES string of the molecule is COC(=O)c1cc(OC[C@H](C)NS(=O)(=O)C(F)(F)F)ncc1Br. The van der Waals surface area contributed by atoms with Crippen LogP contribution in [0.3, 0.4) is 0 Å². The number of esters is 1. The molecule has 0 unspecified atom stereocenters. The van der Waals surface area contributed by atoms with Crippen LogP contribution >= 0.6 is 15.9 Å². The Bertz CT molecular complexity index is 681. The first kappa shape index (κ1) is 19.6. The Labute approximate surface area is 138 Å². The number of methoxy groups -OCH3 is 1. The number of hydrogen-bond acceptors (Lipinski definition) is 6. The van der Waals surface area contributed by atoms with Crippen LogP contribution in [-0.2, 0) is 14.8 Å². The van der Waals surface area contributed by atoms with Crippen LogP contribution in [0.2, 0.25) is 0 Å². The van der Waals surface area contributed by atoms with Crippen LogP contribution in [-0.4, -0.2) is 44.6 Å². The second-order valence-corrected chi connectivity index (χ2v) is 6.83. The van der Waals surface area contributed by atoms with Crippen molar-refractivity contribution in [2.24, 2.45) is 0 Å². The number of hydrogen-bond donors (Lipinski definition) is 1. The Morgan fingerprint density at radius 2 is 2.09 bits per heavy atom. The van der Waals surface area contributed by atoms with Gasteiger partial charge in [-0.25, -0.2) is 22.9 Å². The van der Waals surface area contributed by atoms with Gasteiger partial charge in [-0.05, 0) is 22.9 Å². The zero-order chi connectivity index (χ0) is 17.8. The lowest BCUT2D eigenvalue weighted by atomic mass is 10.3. The average molecular weight is 421 g/mol. The van der Waals surface area contributed by atoms with Crippen LogP contribution in [0, 0.1) is 0 Å². The molecule has 0 radical (unpaired) electrons. The van der Waals surface area contributed by atoms with Gasteiger partial charge in [0.05, 0.1) is 23.2 Å². The number of halogens is 4. The normalized spacial score (nSPS) is 13.5. The van der Waals surface area contributed by atoms with Gasteiger partial charge < -0.3 is 9.47 Å². The van der Waals surface area contributed by atoms with E-state index in [0.717, 1.165) is 0 Å². The van der Waals surface area contributed by atoms with Crippen molar-refractivity contribution in [3.8, 4) is 5.88 Å². The van der Waals surface area contributed by atoms with Gasteiger partial charge in [-0.15, -0.1) is 0 Å². The third-order valence-corrected chi connectivity index (χ3v) is 4.33. The summed E-state index contributed by atoms with van der Waals surface area (Å²) in [6.45, 7) is 0.758. The number of alkyl halides is 3. The van der Waals surface area contributed by atoms with E-state index < -0.39 is 34.1 Å². The highest BCUT2D eigenvalue weighted by Gasteiger charge is 2.46. The lowest BCUT2D eigenvalue weighted by molar-refractivity contribution is -0.0451. The third-order valence-electron chi connectivity index (χ3n) is 2.38. The number of sulfonamides is 1. The second kappa shape index (κ2) is 7.45. The second-order valence-electron chi connectivity index (χ2n) is 4.27. The maximum Gasteiger partial charge on any atom is 0.511 e. The molecule has 7 nitrogen and oxygen atoms in total. The molecule has 1 N–H and O–H groups in total. The van der Waals surface area contributed by atoms with Crippen molar-refractivity contribution >= 4 is 31.9 Å². The van der Waals surface area contributed by atoms with Gasteiger partial charge >= 0.3 is 21.5 Å². The topological polar surface area (TPSA) is 94.6 Å². The smallest absolute Gasteiger partial charge is 0.476 e. The van der Waals surface area contributed by atoms with Crippen LogP contribution < -0.4 is 9.46 Å². The fourth-order valence-electron chi connectivity index (χ4n) is 1.34. The first-order chi connectivity index (χ1) is 10.5. The number of carbonyl (C=O) groups excluding carboxylic acids is 1. The summed E-state index contributed by atoms with van der Waals surface area (Å²) >= 11 is 3.08. The van der Waals surface area contributed by atoms with Crippen LogP contribution in [0.5, 0.6) is 5.88 Å². The number of ether oxygens (including phenoxy) is 2. The van der Waals surface area contributed by atoms with Gasteiger partial charge in [0.15, 0.2) is 0 Å². The summed E-state index contributed by atoms with van der Waals surface area (Å²) in [5.74, 6) is -0.749. The maximum absolute atomic E-state index is 12.2. The van der Waals surface area contributed by atoms with Gasteiger partial charge in [0.1, 0.15) is 6.61 Å². The van der Waals surface area contributed by atoms with Crippen LogP contribution in [0.1, 0.15) is 17.3 Å². The van der Waals surface area contributed by atoms with Gasteiger partial charge in [-0.2, -0.15) is 13.2 Å². The van der Waals surface area contributed by atoms with Crippen molar-refractivity contribution in [2.75, 3.05) is 13.7 Å². The van der Waals surface area contributed by atoms with Gasteiger partial charge in [-0.1, -0.05) is 0 Å². The lowest BCUT2D eigenvalue weighted by Crippen LogP contribution is -2.43. The van der Waals surface area contributed by atoms with Gasteiger partial charge in [0.25, 0.3) is 0 Å². The van der Waals surface area contributed by atoms with Gasteiger partial charge in [-0.3, -0.25) is 0 Å². The molecule has 12 heteroatoms. The number of pyridine rings is 1. The largest absolute Gasteiger partial charge is 0.511 e. The summed E-state index contributed by atoms with van der Waals surface area (Å²) in [6, 6.07) is 0.0367. The predicted octanol–water partition coefficient (Wildman–Crippen LogP) is 1.84. The van der Waals surface area contributed by atoms with Crippen molar-refractivity contribution < 1.29 is 35.9 Å². The quantitative estimate of drug-likeness (QED) is 0.705. The summed E-state index contributed by atoms with van der Waals surface area (Å²) in [6.07, 6.45) is 1.24. The zero-order valence-electron chi connectivity index (χ0n) is 11.8. The Balaban J connectivity index is 2.74. The summed E-state index contributed by atoms with van der Waals surface area (Å²) < 4.78 is 69.9. The van der Waals surface area contributed by atoms with Crippen LogP contribution in [0.4, 0.5) is 13.2 Å². The maximum atomic E-state index is 12.2. The minimum absolute atomic E-state index is 0.0772. The summed E-state index contributed by atoms with van der Waals surface area (Å²) in [7, 11) is -4.30. The molecule has 0 bridgehead atoms. The van der Waals surface area contributed by atoms with Crippen LogP contribution in [0.25, 0.3) is 0 Å². The molecule has 130 valence electrons. The standard InChI is InChI=1S/C11H12BrF3N2O5S/c1-6(17-23(19,20)11(13,14)15)5-22-9-3-7(10(18)21-2)8(12)4-16-9/h3-4,6,17H,5H2,1-2H3/t6-/m0/s1. The van der Waals surface area contributed by atoms with E-state index >= 15 is 0 Å². The van der Waals surface area contributed by atoms with E-state index in [4.69, 9.17) is 4.74 Å². The lowest BCUT2D eigenvalue weighted by Gasteiger charge is -2.16. The monoisotopic (exact) mass is 420 g/mol. The van der Waals surface area contributed by atoms with E-state index in [2.05, 4.69) is 25.7 Å². The van der Waals surface area contributed by atoms with Crippen molar-refractivity contribution in [2.45, 2.75) is 18.5 Å². The van der Waals surface area contributed by atoms with Crippen molar-refractivity contribution in [3.05, 3.63) is 22.3 Å². The molecule has 0 spiro atoms. The predicted molar refractivity (Wildman–Crippen MR) is 76.3 cm³/mol. The minimum Gasteiger partial charge on any atom is -0.476 e. The van der Waals surface area contributed by atoms with Gasteiger partial charge in [0.2, 0.25) is 5.88 Å². The Hall–Kier alpha value is -1.40. The third kappa shape index (κ3) is 5.32. The van der Waals surface area contributed by atoms with Crippen molar-refractivity contribution in [1.82, 2.24) is 9.71 Å². The number of aromatic nitrogens is 1. The first-order valence-corrected chi connectivity index (χ1v) is 8.21. The molecular formula is C11H12BrF3N2O5S. The molecule has 0 amide bonds. The van der Waals surface area contributed by atoms with Crippen molar-refractivity contribution in [1.29, 1.82) is 0 Å². The fraction of sp³-hybridized carbons (Fsp3) is 0.455. The minimum atomic E-state index is -5.47. The number of nitrogens with zero attached hydrogens (tertiary/aromatic N) is 1. The van der Waals surface area contributed by atoms with E-state index in [0.29, 0.717) is 4.47 Å². The molecule has 0 fully saturated rings. The fourth-order valence-corrected chi connectivity index (χ4v) is 2.45. The molecule has 0 saturated heterocycles. The summed E-state index contributed by atoms with van der Waals surface area (Å²) in [4.78, 5) is 15.3. The van der Waals surface area contributed by atoms with E-state index in [1.165, 1.54) is 31.0 Å². The molecule has 1 atom stereocenters. The zero-order valence-corrected chi connectivity index (χ0v) is 14.3. The van der Waals surface area contributed by atoms with E-state index in [1.54, 1.807) is 0 Å². The molecule has 23 heavy (non-hydrogen) atoms. The molecule has 1 aromatic heterocycles. The highest BCUT2D eigenvalue weighted by Crippen LogP contribution is 2.23. The summed E-state index contributed by atoms with van der Waals surface area (Å²) in [5.41, 5.74) is -5.31. The molecule has 1 heterocycles. The van der Waals surface area contributed by atoms with E-state index in [1.807, 2.05) is 0 Å². The van der Waals surface area contributed by atoms with Crippen LogP contribution in [0.15, 0.2) is 16.7 Å². The molecule has 0 aliphatic heterocycles. The Kier molecular flexibility index (Phi) is 6.36. The van der Waals surface area contributed by atoms with E-state index in [9.17, 15) is 26.4 Å². The Morgan fingerprint density at radius 1 is 1.48 bits per heavy atom. The van der Waals surface area contributed by atoms with Crippen molar-refractivity contribution in [3.63, 3.8) is 0 Å². The molecule has 0 saturated carbocycles. The number of nitrogens with one attached hydrogen (secondary N) is 1. The first-order valence-electron chi connectivity index (χ1n) is 5.93. The van der Waals surface area contributed by atoms with Gasteiger partial charge in [0, 0.05) is 12.3 Å². The summed E-state index contributed by atoms with van der Waals surface area (Å²) in [5, 5.41) is 0. The number of rotatable bonds is 6. The molecule has 1 rings (SSSR count). The highest BCUT2D eigenvalue weighted by atomic mass is 79.9.